The molecule has 1 aromatic carbocycles. The van der Waals surface area contributed by atoms with Crippen LogP contribution in [0.3, 0.4) is 0 Å². The Hall–Kier alpha value is -1.88. The molecule has 1 amide bonds. The molecule has 0 heterocycles. The zero-order valence-electron chi connectivity index (χ0n) is 10.7. The summed E-state index contributed by atoms with van der Waals surface area (Å²) >= 11 is 0. The average molecular weight is 251 g/mol. The van der Waals surface area contributed by atoms with Crippen LogP contribution in [0.25, 0.3) is 0 Å². The summed E-state index contributed by atoms with van der Waals surface area (Å²) in [4.78, 5) is 22.6. The van der Waals surface area contributed by atoms with E-state index in [0.29, 0.717) is 11.3 Å². The zero-order valence-corrected chi connectivity index (χ0v) is 10.7. The summed E-state index contributed by atoms with van der Waals surface area (Å²) in [6, 6.07) is 6.81. The maximum Gasteiger partial charge on any atom is 0.307 e. The molecule has 0 saturated heterocycles. The predicted octanol–water partition coefficient (Wildman–Crippen LogP) is 1.68. The van der Waals surface area contributed by atoms with Gasteiger partial charge in [-0.1, -0.05) is 18.2 Å². The fraction of sp³-hybridized carbons (Fsp3) is 0.385. The summed E-state index contributed by atoms with van der Waals surface area (Å²) < 4.78 is 5.06. The van der Waals surface area contributed by atoms with E-state index in [1.165, 1.54) is 7.11 Å². The molecule has 0 aliphatic rings. The molecule has 0 aromatic heterocycles. The highest BCUT2D eigenvalue weighted by atomic mass is 16.5. The summed E-state index contributed by atoms with van der Waals surface area (Å²) in [6.07, 6.45) is -0.135. The van der Waals surface area contributed by atoms with E-state index in [1.54, 1.807) is 38.1 Å². The fourth-order valence-electron chi connectivity index (χ4n) is 1.32. The van der Waals surface area contributed by atoms with Gasteiger partial charge in [0.25, 0.3) is 5.91 Å². The molecule has 0 unspecified atom stereocenters. The number of hydrogen-bond acceptors (Lipinski definition) is 3. The van der Waals surface area contributed by atoms with Crippen molar-refractivity contribution in [3.8, 4) is 0 Å². The van der Waals surface area contributed by atoms with Crippen molar-refractivity contribution < 1.29 is 19.4 Å². The average Bonchev–Trinajstić information content (AvgIpc) is 2.31. The van der Waals surface area contributed by atoms with Crippen molar-refractivity contribution in [3.63, 3.8) is 0 Å². The molecule has 0 fully saturated rings. The molecule has 0 saturated carbocycles. The Morgan fingerprint density at radius 2 is 1.94 bits per heavy atom. The molecule has 0 aliphatic heterocycles. The molecule has 98 valence electrons. The minimum atomic E-state index is -0.962. The number of rotatable bonds is 5. The Labute approximate surface area is 106 Å². The number of amides is 1. The molecule has 0 spiro atoms. The molecule has 0 aliphatic carbocycles. The number of carboxylic acids is 1. The van der Waals surface area contributed by atoms with Gasteiger partial charge in [-0.25, -0.2) is 0 Å². The highest BCUT2D eigenvalue weighted by Crippen LogP contribution is 2.18. The normalized spacial score (nSPS) is 11.1. The van der Waals surface area contributed by atoms with Gasteiger partial charge in [0.15, 0.2) is 0 Å². The van der Waals surface area contributed by atoms with Crippen molar-refractivity contribution in [2.75, 3.05) is 12.4 Å². The van der Waals surface area contributed by atoms with E-state index in [4.69, 9.17) is 9.84 Å². The van der Waals surface area contributed by atoms with Crippen LogP contribution in [-0.2, 0) is 20.7 Å². The van der Waals surface area contributed by atoms with E-state index >= 15 is 0 Å². The third-order valence-electron chi connectivity index (χ3n) is 2.66. The number of anilines is 1. The first-order valence-electron chi connectivity index (χ1n) is 5.53. The van der Waals surface area contributed by atoms with Crippen LogP contribution in [0.15, 0.2) is 24.3 Å². The van der Waals surface area contributed by atoms with Gasteiger partial charge in [-0.15, -0.1) is 0 Å². The van der Waals surface area contributed by atoms with Crippen molar-refractivity contribution in [2.45, 2.75) is 25.9 Å². The maximum absolute atomic E-state index is 11.9. The maximum atomic E-state index is 11.9. The van der Waals surface area contributed by atoms with Crippen LogP contribution in [-0.4, -0.2) is 29.7 Å². The monoisotopic (exact) mass is 251 g/mol. The standard InChI is InChI=1S/C13H17NO4/c1-13(2,18-3)12(17)14-10-7-5-4-6-9(10)8-11(15)16/h4-7H,8H2,1-3H3,(H,14,17)(H,15,16). The smallest absolute Gasteiger partial charge is 0.307 e. The van der Waals surface area contributed by atoms with E-state index in [-0.39, 0.29) is 12.3 Å². The number of nitrogens with one attached hydrogen (secondary N) is 1. The Morgan fingerprint density at radius 3 is 2.50 bits per heavy atom. The number of aliphatic carboxylic acids is 1. The first-order chi connectivity index (χ1) is 8.36. The second-order valence-corrected chi connectivity index (χ2v) is 4.40. The highest BCUT2D eigenvalue weighted by Gasteiger charge is 2.27. The lowest BCUT2D eigenvalue weighted by Gasteiger charge is -2.22. The molecule has 0 radical (unpaired) electrons. The quantitative estimate of drug-likeness (QED) is 0.834. The first-order valence-corrected chi connectivity index (χ1v) is 5.53. The number of ether oxygens (including phenoxy) is 1. The molecule has 0 atom stereocenters. The van der Waals surface area contributed by atoms with Gasteiger partial charge in [-0.2, -0.15) is 0 Å². The third kappa shape index (κ3) is 3.56. The van der Waals surface area contributed by atoms with E-state index in [1.807, 2.05) is 0 Å². The van der Waals surface area contributed by atoms with Crippen LogP contribution in [0.5, 0.6) is 0 Å². The van der Waals surface area contributed by atoms with E-state index in [9.17, 15) is 9.59 Å². The fourth-order valence-corrected chi connectivity index (χ4v) is 1.32. The van der Waals surface area contributed by atoms with Crippen LogP contribution in [0.2, 0.25) is 0 Å². The Morgan fingerprint density at radius 1 is 1.33 bits per heavy atom. The van der Waals surface area contributed by atoms with Crippen LogP contribution in [0, 0.1) is 0 Å². The summed E-state index contributed by atoms with van der Waals surface area (Å²) in [5.74, 6) is -1.26. The number of carbonyl (C=O) groups is 2. The van der Waals surface area contributed by atoms with Gasteiger partial charge in [0.05, 0.1) is 6.42 Å². The second kappa shape index (κ2) is 5.64. The zero-order chi connectivity index (χ0) is 13.8. The van der Waals surface area contributed by atoms with Crippen molar-refractivity contribution >= 4 is 17.6 Å². The number of carbonyl (C=O) groups excluding carboxylic acids is 1. The number of hydrogen-bond donors (Lipinski definition) is 2. The molecular weight excluding hydrogens is 234 g/mol. The molecule has 18 heavy (non-hydrogen) atoms. The van der Waals surface area contributed by atoms with Gasteiger partial charge in [0.1, 0.15) is 5.60 Å². The van der Waals surface area contributed by atoms with Crippen molar-refractivity contribution in [1.29, 1.82) is 0 Å². The van der Waals surface area contributed by atoms with Gasteiger partial charge < -0.3 is 15.2 Å². The molecule has 5 heteroatoms. The van der Waals surface area contributed by atoms with Crippen molar-refractivity contribution in [2.24, 2.45) is 0 Å². The van der Waals surface area contributed by atoms with Gasteiger partial charge in [-0.05, 0) is 25.5 Å². The summed E-state index contributed by atoms with van der Waals surface area (Å²) in [6.45, 7) is 3.28. The van der Waals surface area contributed by atoms with Gasteiger partial charge in [0, 0.05) is 12.8 Å². The molecule has 5 nitrogen and oxygen atoms in total. The van der Waals surface area contributed by atoms with Crippen molar-refractivity contribution in [1.82, 2.24) is 0 Å². The number of methoxy groups -OCH3 is 1. The van der Waals surface area contributed by atoms with E-state index in [2.05, 4.69) is 5.32 Å². The lowest BCUT2D eigenvalue weighted by molar-refractivity contribution is -0.136. The molecular formula is C13H17NO4. The first kappa shape index (κ1) is 14.2. The SMILES string of the molecule is COC(C)(C)C(=O)Nc1ccccc1CC(=O)O. The number of carboxylic acid groups (broad SMARTS) is 1. The van der Waals surface area contributed by atoms with Crippen LogP contribution >= 0.6 is 0 Å². The van der Waals surface area contributed by atoms with E-state index < -0.39 is 11.6 Å². The largest absolute Gasteiger partial charge is 0.481 e. The number of para-hydroxylation sites is 1. The summed E-state index contributed by atoms with van der Waals surface area (Å²) in [5, 5.41) is 11.5. The number of benzene rings is 1. The topological polar surface area (TPSA) is 75.6 Å². The molecule has 1 rings (SSSR count). The minimum absolute atomic E-state index is 0.135. The highest BCUT2D eigenvalue weighted by molar-refractivity contribution is 5.97. The summed E-state index contributed by atoms with van der Waals surface area (Å²) in [5.41, 5.74) is 0.0938. The van der Waals surface area contributed by atoms with Crippen molar-refractivity contribution in [3.05, 3.63) is 29.8 Å². The molecule has 0 bridgehead atoms. The molecule has 2 N–H and O–H groups in total. The van der Waals surface area contributed by atoms with Crippen LogP contribution < -0.4 is 5.32 Å². The Kier molecular flexibility index (Phi) is 4.44. The Balaban J connectivity index is 2.91. The second-order valence-electron chi connectivity index (χ2n) is 4.40. The van der Waals surface area contributed by atoms with Gasteiger partial charge >= 0.3 is 5.97 Å². The Bertz CT molecular complexity index is 454. The van der Waals surface area contributed by atoms with E-state index in [0.717, 1.165) is 0 Å². The van der Waals surface area contributed by atoms with Gasteiger partial charge in [0.2, 0.25) is 0 Å². The lowest BCUT2D eigenvalue weighted by Crippen LogP contribution is -2.39. The van der Waals surface area contributed by atoms with Crippen LogP contribution in [0.1, 0.15) is 19.4 Å². The lowest BCUT2D eigenvalue weighted by atomic mass is 10.1. The predicted molar refractivity (Wildman–Crippen MR) is 67.5 cm³/mol. The molecule has 1 aromatic rings. The van der Waals surface area contributed by atoms with Crippen LogP contribution in [0.4, 0.5) is 5.69 Å². The minimum Gasteiger partial charge on any atom is -0.481 e. The summed E-state index contributed by atoms with van der Waals surface area (Å²) in [7, 11) is 1.45. The third-order valence-corrected chi connectivity index (χ3v) is 2.66. The van der Waals surface area contributed by atoms with Gasteiger partial charge in [-0.3, -0.25) is 9.59 Å².